The van der Waals surface area contributed by atoms with Crippen LogP contribution in [0.4, 0.5) is 4.79 Å². The number of carbonyl (C=O) groups is 6. The molecule has 6 amide bonds. The molecule has 2 rings (SSSR count). The summed E-state index contributed by atoms with van der Waals surface area (Å²) < 4.78 is 0. The van der Waals surface area contributed by atoms with Gasteiger partial charge in [0.1, 0.15) is 24.2 Å². The van der Waals surface area contributed by atoms with Gasteiger partial charge in [0.25, 0.3) is 5.91 Å². The molecule has 0 aromatic heterocycles. The summed E-state index contributed by atoms with van der Waals surface area (Å²) in [6.07, 6.45) is 2.24. The molecule has 13 heteroatoms. The number of nitrogens with one attached hydrogen (secondary N) is 4. The number of urea groups is 1. The Hall–Kier alpha value is -3.22. The van der Waals surface area contributed by atoms with Gasteiger partial charge in [0.15, 0.2) is 0 Å². The van der Waals surface area contributed by atoms with E-state index in [2.05, 4.69) is 21.3 Å². The zero-order valence-corrected chi connectivity index (χ0v) is 25.0. The van der Waals surface area contributed by atoms with Crippen molar-refractivity contribution in [1.82, 2.24) is 31.1 Å². The highest BCUT2D eigenvalue weighted by Crippen LogP contribution is 2.28. The number of ketones is 1. The van der Waals surface area contributed by atoms with Gasteiger partial charge in [0.05, 0.1) is 0 Å². The van der Waals surface area contributed by atoms with E-state index < -0.39 is 59.1 Å². The minimum atomic E-state index is -1.15. The summed E-state index contributed by atoms with van der Waals surface area (Å²) in [6, 6.07) is -4.30. The van der Waals surface area contributed by atoms with Crippen molar-refractivity contribution in [3.8, 4) is 0 Å². The van der Waals surface area contributed by atoms with Crippen LogP contribution in [-0.2, 0) is 24.0 Å². The molecule has 1 saturated heterocycles. The lowest BCUT2D eigenvalue weighted by atomic mass is 9.85. The van der Waals surface area contributed by atoms with Gasteiger partial charge in [-0.25, -0.2) is 4.79 Å². The Morgan fingerprint density at radius 3 is 2.08 bits per heavy atom. The molecule has 0 radical (unpaired) electrons. The third-order valence-corrected chi connectivity index (χ3v) is 7.21. The van der Waals surface area contributed by atoms with E-state index in [0.29, 0.717) is 6.42 Å². The van der Waals surface area contributed by atoms with Crippen LogP contribution >= 0.6 is 0 Å². The van der Waals surface area contributed by atoms with Crippen LogP contribution < -0.4 is 27.0 Å². The number of hydrogen-bond donors (Lipinski definition) is 5. The number of carbonyl (C=O) groups excluding carboxylic acids is 6. The monoisotopic (exact) mass is 565 g/mol. The lowest BCUT2D eigenvalue weighted by Crippen LogP contribution is -2.62. The number of rotatable bonds is 12. The molecule has 40 heavy (non-hydrogen) atoms. The van der Waals surface area contributed by atoms with Crippen LogP contribution in [0.3, 0.4) is 0 Å². The third kappa shape index (κ3) is 8.90. The average Bonchev–Trinajstić information content (AvgIpc) is 3.59. The average molecular weight is 566 g/mol. The second-order valence-corrected chi connectivity index (χ2v) is 12.7. The van der Waals surface area contributed by atoms with Crippen LogP contribution in [0.25, 0.3) is 0 Å². The summed E-state index contributed by atoms with van der Waals surface area (Å²) >= 11 is 0. The summed E-state index contributed by atoms with van der Waals surface area (Å²) in [4.78, 5) is 79.7. The minimum absolute atomic E-state index is 0.0212. The van der Waals surface area contributed by atoms with Crippen molar-refractivity contribution in [3.05, 3.63) is 0 Å². The van der Waals surface area contributed by atoms with Crippen LogP contribution in [0, 0.1) is 17.3 Å². The van der Waals surface area contributed by atoms with E-state index in [4.69, 9.17) is 5.73 Å². The molecule has 0 aromatic carbocycles. The first kappa shape index (κ1) is 33.0. The zero-order valence-electron chi connectivity index (χ0n) is 25.0. The maximum atomic E-state index is 13.9. The second-order valence-electron chi connectivity index (χ2n) is 12.7. The Morgan fingerprint density at radius 1 is 1.00 bits per heavy atom. The summed E-state index contributed by atoms with van der Waals surface area (Å²) in [7, 11) is 3.20. The molecule has 226 valence electrons. The number of primary amides is 1. The number of likely N-dealkylation sites (tertiary alicyclic amines) is 1. The van der Waals surface area contributed by atoms with Gasteiger partial charge in [0.2, 0.25) is 23.5 Å². The maximum absolute atomic E-state index is 13.9. The number of amides is 6. The molecule has 2 aliphatic rings. The van der Waals surface area contributed by atoms with E-state index >= 15 is 0 Å². The van der Waals surface area contributed by atoms with Crippen molar-refractivity contribution < 1.29 is 28.8 Å². The van der Waals surface area contributed by atoms with E-state index in [0.717, 1.165) is 12.8 Å². The van der Waals surface area contributed by atoms with Crippen molar-refractivity contribution in [1.29, 1.82) is 0 Å². The predicted molar refractivity (Wildman–Crippen MR) is 149 cm³/mol. The Balaban J connectivity index is 2.21. The molecular formula is C27H47N7O6. The standard InChI is InChI=1S/C27H47N7O6/c1-14(2)19(24(38)33(7)8)31-26(40)32-21(27(4,5)6)25(39)34-13-15(3)11-18(34)23(37)30-17(20(35)22(28)36)12-29-16-9-10-16/h14-19,21,29H,9-13H2,1-8H3,(H2,28,36)(H,30,37)(H2,31,32,40). The predicted octanol–water partition coefficient (Wildman–Crippen LogP) is -0.659. The first-order valence-corrected chi connectivity index (χ1v) is 13.9. The molecule has 0 spiro atoms. The van der Waals surface area contributed by atoms with E-state index in [1.165, 1.54) is 9.80 Å². The van der Waals surface area contributed by atoms with E-state index in [9.17, 15) is 28.8 Å². The summed E-state index contributed by atoms with van der Waals surface area (Å²) in [5, 5.41) is 11.2. The quantitative estimate of drug-likeness (QED) is 0.195. The van der Waals surface area contributed by atoms with Gasteiger partial charge < -0.3 is 36.8 Å². The number of likely N-dealkylation sites (N-methyl/N-ethyl adjacent to an activating group) is 1. The summed E-state index contributed by atoms with van der Waals surface area (Å²) in [5.41, 5.74) is 4.47. The van der Waals surface area contributed by atoms with Gasteiger partial charge in [0, 0.05) is 33.2 Å². The van der Waals surface area contributed by atoms with Crippen LogP contribution in [0.2, 0.25) is 0 Å². The Labute approximate surface area is 236 Å². The number of Topliss-reactive ketones (excluding diaryl/α,β-unsaturated/α-hetero) is 1. The highest BCUT2D eigenvalue weighted by Gasteiger charge is 2.45. The van der Waals surface area contributed by atoms with Gasteiger partial charge in [-0.3, -0.25) is 24.0 Å². The molecule has 1 aliphatic carbocycles. The van der Waals surface area contributed by atoms with Gasteiger partial charge in [-0.05, 0) is 36.5 Å². The molecule has 1 heterocycles. The van der Waals surface area contributed by atoms with Gasteiger partial charge in [-0.2, -0.15) is 0 Å². The molecular weight excluding hydrogens is 518 g/mol. The van der Waals surface area contributed by atoms with Crippen molar-refractivity contribution in [2.75, 3.05) is 27.2 Å². The van der Waals surface area contributed by atoms with Gasteiger partial charge in [-0.15, -0.1) is 0 Å². The number of hydrogen-bond acceptors (Lipinski definition) is 7. The molecule has 6 N–H and O–H groups in total. The molecule has 0 aromatic rings. The minimum Gasteiger partial charge on any atom is -0.363 e. The fourth-order valence-electron chi connectivity index (χ4n) is 4.68. The summed E-state index contributed by atoms with van der Waals surface area (Å²) in [6.45, 7) is 11.2. The topological polar surface area (TPSA) is 183 Å². The van der Waals surface area contributed by atoms with Crippen molar-refractivity contribution in [2.24, 2.45) is 23.0 Å². The Morgan fingerprint density at radius 2 is 1.60 bits per heavy atom. The lowest BCUT2D eigenvalue weighted by molar-refractivity contribution is -0.143. The van der Waals surface area contributed by atoms with Gasteiger partial charge in [-0.1, -0.05) is 41.5 Å². The lowest BCUT2D eigenvalue weighted by Gasteiger charge is -2.36. The first-order chi connectivity index (χ1) is 18.4. The van der Waals surface area contributed by atoms with E-state index in [-0.39, 0.29) is 36.9 Å². The largest absolute Gasteiger partial charge is 0.363 e. The molecule has 5 unspecified atom stereocenters. The Bertz CT molecular complexity index is 988. The van der Waals surface area contributed by atoms with E-state index in [1.54, 1.807) is 34.9 Å². The van der Waals surface area contributed by atoms with Crippen molar-refractivity contribution >= 4 is 35.4 Å². The molecule has 5 atom stereocenters. The maximum Gasteiger partial charge on any atom is 0.316 e. The molecule has 0 bridgehead atoms. The highest BCUT2D eigenvalue weighted by molar-refractivity contribution is 6.38. The van der Waals surface area contributed by atoms with Crippen LogP contribution in [0.1, 0.15) is 60.8 Å². The van der Waals surface area contributed by atoms with Crippen molar-refractivity contribution in [2.45, 2.75) is 91.0 Å². The van der Waals surface area contributed by atoms with Crippen LogP contribution in [0.5, 0.6) is 0 Å². The zero-order chi connectivity index (χ0) is 30.5. The highest BCUT2D eigenvalue weighted by atomic mass is 16.2. The van der Waals surface area contributed by atoms with Crippen LogP contribution in [-0.4, -0.2) is 103 Å². The van der Waals surface area contributed by atoms with E-state index in [1.807, 2.05) is 20.8 Å². The first-order valence-electron chi connectivity index (χ1n) is 13.9. The SMILES string of the molecule is CC1CC(C(=O)NC(CNC2CC2)C(=O)C(N)=O)N(C(=O)C(NC(=O)NC(C(=O)N(C)C)C(C)C)C(C)(C)C)C1. The van der Waals surface area contributed by atoms with Crippen molar-refractivity contribution in [3.63, 3.8) is 0 Å². The molecule has 1 saturated carbocycles. The molecule has 13 nitrogen and oxygen atoms in total. The smallest absolute Gasteiger partial charge is 0.316 e. The number of nitrogens with two attached hydrogens (primary N) is 1. The third-order valence-electron chi connectivity index (χ3n) is 7.21. The molecule has 1 aliphatic heterocycles. The normalized spacial score (nSPS) is 21.3. The van der Waals surface area contributed by atoms with Crippen LogP contribution in [0.15, 0.2) is 0 Å². The number of nitrogens with zero attached hydrogens (tertiary/aromatic N) is 2. The fourth-order valence-corrected chi connectivity index (χ4v) is 4.68. The molecule has 2 fully saturated rings. The second kappa shape index (κ2) is 13.4. The fraction of sp³-hybridized carbons (Fsp3) is 0.778. The summed E-state index contributed by atoms with van der Waals surface area (Å²) in [5.74, 6) is -3.57. The Kier molecular flexibility index (Phi) is 11.1. The van der Waals surface area contributed by atoms with Gasteiger partial charge >= 0.3 is 6.03 Å².